The smallest absolute Gasteiger partial charge is 0.419 e. The maximum absolute atomic E-state index is 10.8. The minimum Gasteiger partial charge on any atom is -0.446 e. The Balaban J connectivity index is 2.21. The number of carbonyl (C=O) groups is 1. The van der Waals surface area contributed by atoms with Gasteiger partial charge in [0.2, 0.25) is 0 Å². The van der Waals surface area contributed by atoms with Crippen molar-refractivity contribution in [2.24, 2.45) is 0 Å². The second-order valence-corrected chi connectivity index (χ2v) is 2.93. The quantitative estimate of drug-likeness (QED) is 0.476. The normalized spacial score (nSPS) is 17.9. The van der Waals surface area contributed by atoms with Crippen molar-refractivity contribution < 1.29 is 9.53 Å². The van der Waals surface area contributed by atoms with Crippen molar-refractivity contribution in [3.63, 3.8) is 0 Å². The zero-order valence-corrected chi connectivity index (χ0v) is 7.01. The predicted molar refractivity (Wildman–Crippen MR) is 45.3 cm³/mol. The van der Waals surface area contributed by atoms with Crippen LogP contribution in [0.4, 0.5) is 4.79 Å². The molecule has 0 bridgehead atoms. The molecule has 66 valence electrons. The van der Waals surface area contributed by atoms with Crippen molar-refractivity contribution in [2.45, 2.75) is 38.2 Å². The number of ether oxygens (including phenoxy) is 1. The van der Waals surface area contributed by atoms with Crippen molar-refractivity contribution >= 4 is 6.09 Å². The van der Waals surface area contributed by atoms with Gasteiger partial charge in [-0.3, -0.25) is 0 Å². The van der Waals surface area contributed by atoms with E-state index in [4.69, 9.17) is 11.2 Å². The highest BCUT2D eigenvalue weighted by atomic mass is 16.6. The molecule has 0 aliphatic heterocycles. The van der Waals surface area contributed by atoms with Crippen molar-refractivity contribution in [3.8, 4) is 12.5 Å². The van der Waals surface area contributed by atoms with Gasteiger partial charge in [0.05, 0.1) is 0 Å². The first-order valence-electron chi connectivity index (χ1n) is 4.25. The maximum Gasteiger partial charge on any atom is 0.419 e. The molecule has 0 unspecified atom stereocenters. The van der Waals surface area contributed by atoms with Gasteiger partial charge in [-0.15, -0.1) is 0 Å². The highest BCUT2D eigenvalue weighted by molar-refractivity contribution is 5.69. The van der Waals surface area contributed by atoms with Crippen LogP contribution < -0.4 is 5.32 Å². The van der Waals surface area contributed by atoms with Crippen LogP contribution in [-0.4, -0.2) is 12.2 Å². The van der Waals surface area contributed by atoms with Gasteiger partial charge in [-0.2, -0.15) is 0 Å². The summed E-state index contributed by atoms with van der Waals surface area (Å²) in [5.74, 6) is 0. The van der Waals surface area contributed by atoms with Gasteiger partial charge < -0.3 is 4.74 Å². The molecule has 0 aromatic carbocycles. The molecular weight excluding hydrogens is 154 g/mol. The lowest BCUT2D eigenvalue weighted by Crippen LogP contribution is -2.27. The molecule has 0 aromatic rings. The van der Waals surface area contributed by atoms with Gasteiger partial charge in [-0.05, 0) is 25.7 Å². The molecule has 0 aromatic heterocycles. The fourth-order valence-electron chi connectivity index (χ4n) is 1.42. The van der Waals surface area contributed by atoms with Gasteiger partial charge >= 0.3 is 6.09 Å². The van der Waals surface area contributed by atoms with Gasteiger partial charge in [-0.25, -0.2) is 10.1 Å². The summed E-state index contributed by atoms with van der Waals surface area (Å²) < 4.78 is 5.04. The minimum atomic E-state index is -0.496. The van der Waals surface area contributed by atoms with Gasteiger partial charge in [0.1, 0.15) is 6.10 Å². The van der Waals surface area contributed by atoms with Crippen LogP contribution in [0.3, 0.4) is 0 Å². The molecule has 0 radical (unpaired) electrons. The minimum absolute atomic E-state index is 0.0760. The third kappa shape index (κ3) is 2.83. The largest absolute Gasteiger partial charge is 0.446 e. The summed E-state index contributed by atoms with van der Waals surface area (Å²) in [4.78, 5) is 10.8. The summed E-state index contributed by atoms with van der Waals surface area (Å²) in [6.45, 7) is 0. The average Bonchev–Trinajstić information content (AvgIpc) is 2.06. The molecule has 3 heteroatoms. The predicted octanol–water partition coefficient (Wildman–Crippen LogP) is 1.64. The molecule has 0 spiro atoms. The third-order valence-corrected chi connectivity index (χ3v) is 2.00. The fraction of sp³-hybridized carbons (Fsp3) is 0.667. The van der Waals surface area contributed by atoms with Gasteiger partial charge in [0, 0.05) is 6.04 Å². The van der Waals surface area contributed by atoms with Crippen LogP contribution in [0.1, 0.15) is 32.1 Å². The summed E-state index contributed by atoms with van der Waals surface area (Å²) in [5, 5.41) is 2.16. The van der Waals surface area contributed by atoms with Gasteiger partial charge in [0.15, 0.2) is 0 Å². The number of rotatable bonds is 1. The van der Waals surface area contributed by atoms with Crippen molar-refractivity contribution in [1.82, 2.24) is 5.32 Å². The Morgan fingerprint density at radius 2 is 2.08 bits per heavy atom. The maximum atomic E-state index is 10.8. The summed E-state index contributed by atoms with van der Waals surface area (Å²) in [6, 6.07) is 2.03. The van der Waals surface area contributed by atoms with E-state index in [0.29, 0.717) is 0 Å². The molecule has 12 heavy (non-hydrogen) atoms. The second-order valence-electron chi connectivity index (χ2n) is 2.93. The van der Waals surface area contributed by atoms with E-state index >= 15 is 0 Å². The van der Waals surface area contributed by atoms with Crippen LogP contribution in [0.25, 0.3) is 0 Å². The van der Waals surface area contributed by atoms with E-state index in [-0.39, 0.29) is 6.10 Å². The monoisotopic (exact) mass is 167 g/mol. The number of amides is 1. The standard InChI is InChI=1S/C9H13NO2/c1-2-10-9(11)12-8-6-4-3-5-7-8/h1,8H,3-7H2,(H,10,11). The van der Waals surface area contributed by atoms with E-state index in [1.165, 1.54) is 6.42 Å². The first kappa shape index (κ1) is 8.92. The second kappa shape index (κ2) is 4.66. The summed E-state index contributed by atoms with van der Waals surface area (Å²) >= 11 is 0. The first-order chi connectivity index (χ1) is 5.83. The Morgan fingerprint density at radius 1 is 1.42 bits per heavy atom. The summed E-state index contributed by atoms with van der Waals surface area (Å²) in [5.41, 5.74) is 0. The van der Waals surface area contributed by atoms with E-state index in [1.54, 1.807) is 0 Å². The molecule has 1 N–H and O–H groups in total. The highest BCUT2D eigenvalue weighted by Gasteiger charge is 2.16. The number of hydrogen-bond donors (Lipinski definition) is 1. The molecule has 1 saturated carbocycles. The summed E-state index contributed by atoms with van der Waals surface area (Å²) in [7, 11) is 0. The van der Waals surface area contributed by atoms with Crippen molar-refractivity contribution in [3.05, 3.63) is 0 Å². The van der Waals surface area contributed by atoms with Crippen LogP contribution in [0.15, 0.2) is 0 Å². The third-order valence-electron chi connectivity index (χ3n) is 2.00. The highest BCUT2D eigenvalue weighted by Crippen LogP contribution is 2.19. The Kier molecular flexibility index (Phi) is 3.46. The molecule has 1 fully saturated rings. The van der Waals surface area contributed by atoms with Crippen molar-refractivity contribution in [1.29, 1.82) is 0 Å². The van der Waals surface area contributed by atoms with E-state index in [1.807, 2.05) is 6.04 Å². The number of alkyl carbamates (subject to hydrolysis) is 1. The van der Waals surface area contributed by atoms with E-state index in [2.05, 4.69) is 5.32 Å². The number of hydrogen-bond acceptors (Lipinski definition) is 2. The van der Waals surface area contributed by atoms with Crippen LogP contribution in [0.5, 0.6) is 0 Å². The zero-order valence-electron chi connectivity index (χ0n) is 7.01. The van der Waals surface area contributed by atoms with Crippen LogP contribution in [-0.2, 0) is 4.74 Å². The molecule has 0 saturated heterocycles. The lowest BCUT2D eigenvalue weighted by molar-refractivity contribution is 0.0786. The number of carbonyl (C=O) groups excluding carboxylic acids is 1. The molecule has 1 amide bonds. The zero-order chi connectivity index (χ0) is 8.81. The fourth-order valence-corrected chi connectivity index (χ4v) is 1.42. The molecule has 0 heterocycles. The van der Waals surface area contributed by atoms with E-state index in [9.17, 15) is 4.79 Å². The molecule has 1 aliphatic rings. The Bertz CT molecular complexity index is 189. The lowest BCUT2D eigenvalue weighted by Gasteiger charge is -2.20. The van der Waals surface area contributed by atoms with Gasteiger partial charge in [0.25, 0.3) is 0 Å². The van der Waals surface area contributed by atoms with Crippen LogP contribution in [0, 0.1) is 12.5 Å². The molecule has 0 atom stereocenters. The topological polar surface area (TPSA) is 38.3 Å². The molecule has 1 rings (SSSR count). The molecule has 3 nitrogen and oxygen atoms in total. The van der Waals surface area contributed by atoms with E-state index in [0.717, 1.165) is 25.7 Å². The Morgan fingerprint density at radius 3 is 2.67 bits per heavy atom. The van der Waals surface area contributed by atoms with E-state index < -0.39 is 6.09 Å². The summed E-state index contributed by atoms with van der Waals surface area (Å²) in [6.07, 6.45) is 9.93. The SMILES string of the molecule is C#CNC(=O)OC1CCCCC1. The van der Waals surface area contributed by atoms with Crippen molar-refractivity contribution in [2.75, 3.05) is 0 Å². The lowest BCUT2D eigenvalue weighted by atomic mass is 9.98. The number of nitrogens with one attached hydrogen (secondary N) is 1. The Hall–Kier alpha value is -1.17. The van der Waals surface area contributed by atoms with Gasteiger partial charge in [-0.1, -0.05) is 12.8 Å². The first-order valence-corrected chi connectivity index (χ1v) is 4.25. The van der Waals surface area contributed by atoms with Crippen LogP contribution in [0.2, 0.25) is 0 Å². The molecular formula is C9H13NO2. The molecule has 1 aliphatic carbocycles. The van der Waals surface area contributed by atoms with Crippen LogP contribution >= 0.6 is 0 Å². The average molecular weight is 167 g/mol. The number of terminal acetylenes is 1. The Labute approximate surface area is 72.5 Å².